The van der Waals surface area contributed by atoms with Crippen LogP contribution in [0.2, 0.25) is 0 Å². The molecule has 2 nitrogen and oxygen atoms in total. The Morgan fingerprint density at radius 1 is 1.89 bits per heavy atom. The number of allylic oxidation sites excluding steroid dienone is 1. The van der Waals surface area contributed by atoms with E-state index in [1.165, 1.54) is 7.11 Å². The van der Waals surface area contributed by atoms with Gasteiger partial charge in [0.05, 0.1) is 7.11 Å². The molecular formula is C6H12O2P+. The van der Waals surface area contributed by atoms with E-state index in [0.29, 0.717) is 0 Å². The molecule has 0 radical (unpaired) electrons. The fourth-order valence-electron chi connectivity index (χ4n) is 0.507. The largest absolute Gasteiger partial charge is 0.511 e. The monoisotopic (exact) mass is 147 g/mol. The highest BCUT2D eigenvalue weighted by Crippen LogP contribution is 2.29. The summed E-state index contributed by atoms with van der Waals surface area (Å²) >= 11 is 0. The van der Waals surface area contributed by atoms with Crippen molar-refractivity contribution < 1.29 is 9.09 Å². The molecule has 0 rings (SSSR count). The van der Waals surface area contributed by atoms with Crippen molar-refractivity contribution in [3.8, 4) is 0 Å². The van der Waals surface area contributed by atoms with Gasteiger partial charge in [-0.15, -0.1) is 11.1 Å². The Labute approximate surface area is 56.8 Å². The van der Waals surface area contributed by atoms with Gasteiger partial charge >= 0.3 is 8.03 Å². The van der Waals surface area contributed by atoms with Gasteiger partial charge in [-0.3, -0.25) is 0 Å². The molecule has 9 heavy (non-hydrogen) atoms. The molecule has 0 aromatic heterocycles. The second kappa shape index (κ2) is 4.66. The molecule has 52 valence electrons. The van der Waals surface area contributed by atoms with Crippen molar-refractivity contribution in [3.63, 3.8) is 0 Å². The van der Waals surface area contributed by atoms with Gasteiger partial charge in [-0.25, -0.2) is 0 Å². The van der Waals surface area contributed by atoms with Gasteiger partial charge in [0.1, 0.15) is 0 Å². The van der Waals surface area contributed by atoms with E-state index in [9.17, 15) is 4.57 Å². The summed E-state index contributed by atoms with van der Waals surface area (Å²) in [7, 11) is -0.0101. The van der Waals surface area contributed by atoms with Crippen LogP contribution < -0.4 is 0 Å². The lowest BCUT2D eigenvalue weighted by atomic mass is 10.3. The topological polar surface area (TPSA) is 26.3 Å². The molecule has 0 bridgehead atoms. The predicted octanol–water partition coefficient (Wildman–Crippen LogP) is 2.34. The number of rotatable bonds is 4. The molecule has 0 saturated carbocycles. The molecule has 0 N–H and O–H groups in total. The molecule has 0 fully saturated rings. The second-order valence-corrected chi connectivity index (χ2v) is 3.66. The standard InChI is InChI=1S/C6H12O2P/c1-4-5-6(2)9(7)8-3/h4,6H,1,5H2,2-3H3/q+1. The molecule has 0 aliphatic carbocycles. The maximum Gasteiger partial charge on any atom is 0.511 e. The highest BCUT2D eigenvalue weighted by atomic mass is 31.1. The first-order valence-corrected chi connectivity index (χ1v) is 4.08. The minimum absolute atomic E-state index is 0.0995. The Morgan fingerprint density at radius 3 is 2.78 bits per heavy atom. The van der Waals surface area contributed by atoms with Gasteiger partial charge in [0.15, 0.2) is 5.66 Å². The molecule has 0 aliphatic rings. The van der Waals surface area contributed by atoms with Crippen LogP contribution in [0.25, 0.3) is 0 Å². The maximum atomic E-state index is 10.8. The van der Waals surface area contributed by atoms with Crippen molar-refractivity contribution in [3.05, 3.63) is 12.7 Å². The van der Waals surface area contributed by atoms with Crippen molar-refractivity contribution in [1.29, 1.82) is 0 Å². The van der Waals surface area contributed by atoms with Crippen LogP contribution in [0.3, 0.4) is 0 Å². The molecule has 0 spiro atoms. The zero-order valence-corrected chi connectivity index (χ0v) is 6.73. The predicted molar refractivity (Wildman–Crippen MR) is 38.9 cm³/mol. The summed E-state index contributed by atoms with van der Waals surface area (Å²) in [4.78, 5) is 0. The van der Waals surface area contributed by atoms with Gasteiger partial charge in [0, 0.05) is 6.42 Å². The van der Waals surface area contributed by atoms with E-state index in [1.54, 1.807) is 6.08 Å². The normalized spacial score (nSPS) is 14.7. The number of hydrogen-bond acceptors (Lipinski definition) is 2. The first-order valence-electron chi connectivity index (χ1n) is 2.83. The summed E-state index contributed by atoms with van der Waals surface area (Å²) in [6, 6.07) is 0. The Kier molecular flexibility index (Phi) is 4.55. The van der Waals surface area contributed by atoms with E-state index >= 15 is 0 Å². The fraction of sp³-hybridized carbons (Fsp3) is 0.667. The Balaban J connectivity index is 3.58. The minimum atomic E-state index is -1.47. The first-order chi connectivity index (χ1) is 4.22. The van der Waals surface area contributed by atoms with E-state index in [-0.39, 0.29) is 5.66 Å². The molecule has 0 aromatic rings. The van der Waals surface area contributed by atoms with Gasteiger partial charge in [0.2, 0.25) is 0 Å². The van der Waals surface area contributed by atoms with Crippen molar-refractivity contribution >= 4 is 8.03 Å². The van der Waals surface area contributed by atoms with Gasteiger partial charge in [0.25, 0.3) is 0 Å². The van der Waals surface area contributed by atoms with E-state index < -0.39 is 8.03 Å². The summed E-state index contributed by atoms with van der Waals surface area (Å²) in [6.45, 7) is 5.41. The third-order valence-electron chi connectivity index (χ3n) is 1.05. The van der Waals surface area contributed by atoms with Crippen LogP contribution in [0.5, 0.6) is 0 Å². The molecule has 2 atom stereocenters. The van der Waals surface area contributed by atoms with Crippen LogP contribution >= 0.6 is 8.03 Å². The molecule has 0 saturated heterocycles. The van der Waals surface area contributed by atoms with E-state index in [1.807, 2.05) is 6.92 Å². The zero-order valence-electron chi connectivity index (χ0n) is 5.83. The summed E-state index contributed by atoms with van der Waals surface area (Å²) in [5.74, 6) is 0. The van der Waals surface area contributed by atoms with Gasteiger partial charge in [-0.1, -0.05) is 6.08 Å². The fourth-order valence-corrected chi connectivity index (χ4v) is 1.19. The van der Waals surface area contributed by atoms with Crippen LogP contribution in [0.1, 0.15) is 13.3 Å². The van der Waals surface area contributed by atoms with Crippen molar-refractivity contribution in [2.75, 3.05) is 7.11 Å². The second-order valence-electron chi connectivity index (χ2n) is 1.84. The van der Waals surface area contributed by atoms with Crippen molar-refractivity contribution in [2.45, 2.75) is 19.0 Å². The lowest BCUT2D eigenvalue weighted by molar-refractivity contribution is 0.406. The summed E-state index contributed by atoms with van der Waals surface area (Å²) in [6.07, 6.45) is 2.50. The maximum absolute atomic E-state index is 10.8. The highest BCUT2D eigenvalue weighted by molar-refractivity contribution is 7.39. The molecule has 0 heterocycles. The number of hydrogen-bond donors (Lipinski definition) is 0. The quantitative estimate of drug-likeness (QED) is 0.450. The molecule has 2 unspecified atom stereocenters. The van der Waals surface area contributed by atoms with E-state index in [2.05, 4.69) is 11.1 Å². The van der Waals surface area contributed by atoms with Crippen LogP contribution in [-0.4, -0.2) is 12.8 Å². The van der Waals surface area contributed by atoms with Gasteiger partial charge in [-0.2, -0.15) is 0 Å². The van der Waals surface area contributed by atoms with Gasteiger partial charge < -0.3 is 0 Å². The van der Waals surface area contributed by atoms with Crippen LogP contribution in [0.15, 0.2) is 12.7 Å². The summed E-state index contributed by atoms with van der Waals surface area (Å²) < 4.78 is 15.4. The summed E-state index contributed by atoms with van der Waals surface area (Å²) in [5.41, 5.74) is 0.0995. The lowest BCUT2D eigenvalue weighted by Gasteiger charge is -1.89. The van der Waals surface area contributed by atoms with Gasteiger partial charge in [-0.05, 0) is 11.5 Å². The SMILES string of the molecule is C=CCC(C)[P+](=O)OC. The third kappa shape index (κ3) is 3.39. The molecule has 0 aliphatic heterocycles. The Bertz CT molecular complexity index is 112. The molecular weight excluding hydrogens is 135 g/mol. The van der Waals surface area contributed by atoms with Crippen molar-refractivity contribution in [1.82, 2.24) is 0 Å². The molecule has 0 aromatic carbocycles. The Morgan fingerprint density at radius 2 is 2.44 bits per heavy atom. The lowest BCUT2D eigenvalue weighted by Crippen LogP contribution is -1.92. The Hall–Kier alpha value is -0.200. The van der Waals surface area contributed by atoms with E-state index in [4.69, 9.17) is 0 Å². The van der Waals surface area contributed by atoms with Crippen molar-refractivity contribution in [2.24, 2.45) is 0 Å². The molecule has 0 amide bonds. The highest BCUT2D eigenvalue weighted by Gasteiger charge is 2.23. The van der Waals surface area contributed by atoms with Crippen LogP contribution in [0.4, 0.5) is 0 Å². The smallest absolute Gasteiger partial charge is 0.149 e. The van der Waals surface area contributed by atoms with Crippen LogP contribution in [0, 0.1) is 0 Å². The zero-order chi connectivity index (χ0) is 7.28. The average Bonchev–Trinajstić information content (AvgIpc) is 1.87. The first kappa shape index (κ1) is 8.80. The minimum Gasteiger partial charge on any atom is -0.149 e. The van der Waals surface area contributed by atoms with E-state index in [0.717, 1.165) is 6.42 Å². The third-order valence-corrected chi connectivity index (χ3v) is 2.34. The average molecular weight is 147 g/mol. The van der Waals surface area contributed by atoms with Crippen LogP contribution in [-0.2, 0) is 9.09 Å². The summed E-state index contributed by atoms with van der Waals surface area (Å²) in [5, 5.41) is 0. The molecule has 3 heteroatoms.